The summed E-state index contributed by atoms with van der Waals surface area (Å²) in [6, 6.07) is 35.8. The van der Waals surface area contributed by atoms with Crippen LogP contribution < -0.4 is 27.0 Å². The molecule has 304 valence electrons. The minimum Gasteiger partial charge on any atom is -0.548 e. The molecule has 0 fully saturated rings. The monoisotopic (exact) mass is 884 g/mol. The van der Waals surface area contributed by atoms with Crippen molar-refractivity contribution in [3.05, 3.63) is 183 Å². The number of amides is 1. The zero-order chi connectivity index (χ0) is 41.5. The number of ketones is 1. The number of nitrogens with two attached hydrogens (primary N) is 2. The number of nitrogens with one attached hydrogen (secondary N) is 1. The van der Waals surface area contributed by atoms with E-state index in [1.807, 2.05) is 96.9 Å². The third kappa shape index (κ3) is 13.8. The van der Waals surface area contributed by atoms with Crippen molar-refractivity contribution in [2.45, 2.75) is 50.4 Å². The molecule has 0 unspecified atom stereocenters. The number of hydrogen-bond acceptors (Lipinski definition) is 9. The Labute approximate surface area is 362 Å². The van der Waals surface area contributed by atoms with Crippen molar-refractivity contribution >= 4 is 64.1 Å². The number of carboxylic acids is 2. The van der Waals surface area contributed by atoms with Gasteiger partial charge in [-0.2, -0.15) is 0 Å². The van der Waals surface area contributed by atoms with Crippen LogP contribution in [0.2, 0.25) is 15.1 Å². The van der Waals surface area contributed by atoms with Crippen LogP contribution in [-0.2, 0) is 50.3 Å². The number of anilines is 1. The molecule has 3 atom stereocenters. The first-order valence-corrected chi connectivity index (χ1v) is 18.9. The SMILES string of the molecule is C[C@@]1(C(=O)Nc2ccc(Cl)cc2C(=O)c2ccccc2)CC=CN1Cc1ccc(Cl)c(Cl)c1.N[C@@H](Cc1ccccc1)C(=O)[O-].N[C@@H](Cc1ccccc1)C(=O)[O-].[Ni+2]. The molecule has 0 spiro atoms. The number of halogens is 3. The largest absolute Gasteiger partial charge is 2.00 e. The van der Waals surface area contributed by atoms with Crippen LogP contribution in [0.3, 0.4) is 0 Å². The van der Waals surface area contributed by atoms with Gasteiger partial charge in [0.15, 0.2) is 5.78 Å². The van der Waals surface area contributed by atoms with E-state index < -0.39 is 29.6 Å². The average molecular weight is 887 g/mol. The maximum Gasteiger partial charge on any atom is 2.00 e. The summed E-state index contributed by atoms with van der Waals surface area (Å²) in [5.74, 6) is -2.86. The molecule has 5 aromatic rings. The normalized spacial score (nSPS) is 15.0. The van der Waals surface area contributed by atoms with Crippen LogP contribution in [0.25, 0.3) is 0 Å². The standard InChI is InChI=1S/C26H21Cl3N2O2.2C9H11NO2.Ni/c1-26(12-5-13-31(26)16-17-8-10-21(28)22(29)14-17)25(33)30-23-11-9-19(27)15-20(23)24(32)18-6-3-2-4-7-18;2*10-8(9(11)12)6-7-4-2-1-3-5-7;/h2-11,13-15H,12,16H2,1H3,(H,30,33);2*1-5,8H,6,10H2,(H,11,12);/q;;;+2/p-2/t26-;2*8-;/m000./s1. The van der Waals surface area contributed by atoms with Crippen molar-refractivity contribution in [2.24, 2.45) is 11.5 Å². The molecule has 14 heteroatoms. The Kier molecular flexibility index (Phi) is 18.6. The van der Waals surface area contributed by atoms with Gasteiger partial charge >= 0.3 is 16.5 Å². The second kappa shape index (κ2) is 22.8. The van der Waals surface area contributed by atoms with E-state index in [9.17, 15) is 29.4 Å². The minimum absolute atomic E-state index is 0. The summed E-state index contributed by atoms with van der Waals surface area (Å²) in [5.41, 5.74) is 13.8. The molecule has 0 aliphatic carbocycles. The van der Waals surface area contributed by atoms with Crippen molar-refractivity contribution in [3.63, 3.8) is 0 Å². The van der Waals surface area contributed by atoms with Crippen molar-refractivity contribution in [2.75, 3.05) is 5.32 Å². The van der Waals surface area contributed by atoms with Gasteiger partial charge in [-0.05, 0) is 79.4 Å². The van der Waals surface area contributed by atoms with E-state index >= 15 is 0 Å². The molecule has 0 saturated heterocycles. The average Bonchev–Trinajstić information content (AvgIpc) is 3.58. The predicted octanol–water partition coefficient (Wildman–Crippen LogP) is 5.60. The molecule has 1 amide bonds. The maximum absolute atomic E-state index is 13.5. The first-order chi connectivity index (χ1) is 27.2. The summed E-state index contributed by atoms with van der Waals surface area (Å²) in [4.78, 5) is 49.1. The number of hydrogen-bond donors (Lipinski definition) is 3. The van der Waals surface area contributed by atoms with E-state index in [-0.39, 0.29) is 28.2 Å². The Balaban J connectivity index is 0.000000294. The molecule has 1 aliphatic heterocycles. The number of carboxylic acid groups (broad SMARTS) is 2. The van der Waals surface area contributed by atoms with Crippen LogP contribution in [0.5, 0.6) is 0 Å². The second-order valence-electron chi connectivity index (χ2n) is 13.3. The molecule has 6 rings (SSSR count). The number of nitrogens with zero attached hydrogens (tertiary/aromatic N) is 1. The summed E-state index contributed by atoms with van der Waals surface area (Å²) < 4.78 is 0. The van der Waals surface area contributed by atoms with Gasteiger partial charge in [0, 0.05) is 34.8 Å². The third-order valence-corrected chi connectivity index (χ3v) is 9.95. The Morgan fingerprint density at radius 2 is 1.22 bits per heavy atom. The van der Waals surface area contributed by atoms with Crippen LogP contribution in [0.1, 0.15) is 46.0 Å². The number of aliphatic carboxylic acids is 2. The maximum atomic E-state index is 13.5. The summed E-state index contributed by atoms with van der Waals surface area (Å²) >= 11 is 18.4. The third-order valence-electron chi connectivity index (χ3n) is 8.97. The zero-order valence-electron chi connectivity index (χ0n) is 31.3. The first-order valence-electron chi connectivity index (χ1n) is 17.8. The number of rotatable bonds is 12. The van der Waals surface area contributed by atoms with E-state index in [1.54, 1.807) is 54.6 Å². The molecule has 58 heavy (non-hydrogen) atoms. The van der Waals surface area contributed by atoms with Gasteiger partial charge in [0.2, 0.25) is 5.91 Å². The van der Waals surface area contributed by atoms with Gasteiger partial charge in [-0.15, -0.1) is 0 Å². The Bertz CT molecular complexity index is 2120. The van der Waals surface area contributed by atoms with E-state index in [2.05, 4.69) is 5.32 Å². The first kappa shape index (κ1) is 47.4. The van der Waals surface area contributed by atoms with Crippen LogP contribution in [0.15, 0.2) is 140 Å². The Morgan fingerprint density at radius 3 is 1.72 bits per heavy atom. The predicted molar refractivity (Wildman–Crippen MR) is 220 cm³/mol. The number of carbonyl (C=O) groups excluding carboxylic acids is 4. The molecule has 5 aromatic carbocycles. The van der Waals surface area contributed by atoms with Crippen LogP contribution >= 0.6 is 34.8 Å². The van der Waals surface area contributed by atoms with Crippen LogP contribution in [-0.4, -0.2) is 46.2 Å². The quantitative estimate of drug-likeness (QED) is 0.106. The van der Waals surface area contributed by atoms with E-state index in [0.29, 0.717) is 57.7 Å². The smallest absolute Gasteiger partial charge is 0.548 e. The van der Waals surface area contributed by atoms with Crippen molar-refractivity contribution in [1.29, 1.82) is 0 Å². The van der Waals surface area contributed by atoms with E-state index in [4.69, 9.17) is 46.3 Å². The van der Waals surface area contributed by atoms with Crippen LogP contribution in [0, 0.1) is 0 Å². The fraction of sp³-hybridized carbons (Fsp3) is 0.182. The van der Waals surface area contributed by atoms with Gasteiger partial charge in [0.25, 0.3) is 0 Å². The Morgan fingerprint density at radius 1 is 0.707 bits per heavy atom. The molecule has 5 N–H and O–H groups in total. The van der Waals surface area contributed by atoms with Gasteiger partial charge in [-0.25, -0.2) is 0 Å². The molecule has 10 nitrogen and oxygen atoms in total. The van der Waals surface area contributed by atoms with Gasteiger partial charge in [0.1, 0.15) is 5.54 Å². The van der Waals surface area contributed by atoms with Crippen molar-refractivity contribution < 1.29 is 45.9 Å². The fourth-order valence-electron chi connectivity index (χ4n) is 5.69. The minimum atomic E-state index is -1.21. The molecule has 0 saturated carbocycles. The van der Waals surface area contributed by atoms with Crippen molar-refractivity contribution in [1.82, 2.24) is 4.90 Å². The summed E-state index contributed by atoms with van der Waals surface area (Å²) in [6.07, 6.45) is 5.02. The van der Waals surface area contributed by atoms with Gasteiger partial charge in [0.05, 0.1) is 27.7 Å². The second-order valence-corrected chi connectivity index (χ2v) is 14.6. The molecule has 0 aromatic heterocycles. The molecule has 0 bridgehead atoms. The van der Waals surface area contributed by atoms with Gasteiger partial charge in [-0.3, -0.25) is 9.59 Å². The number of carbonyl (C=O) groups is 4. The van der Waals surface area contributed by atoms with E-state index in [0.717, 1.165) is 16.7 Å². The molecular formula is C44H41Cl3N4NiO6. The molecule has 1 heterocycles. The topological polar surface area (TPSA) is 182 Å². The fourth-order valence-corrected chi connectivity index (χ4v) is 6.19. The molecule has 0 radical (unpaired) electrons. The zero-order valence-corrected chi connectivity index (χ0v) is 34.5. The molecule has 1 aliphatic rings. The Hall–Kier alpha value is -5.00. The number of benzene rings is 5. The summed E-state index contributed by atoms with van der Waals surface area (Å²) in [5, 5.41) is 24.9. The summed E-state index contributed by atoms with van der Waals surface area (Å²) in [6.45, 7) is 2.35. The van der Waals surface area contributed by atoms with Crippen LogP contribution in [0.4, 0.5) is 5.69 Å². The molecular weight excluding hydrogens is 846 g/mol. The van der Waals surface area contributed by atoms with Gasteiger partial charge < -0.3 is 41.5 Å². The van der Waals surface area contributed by atoms with E-state index in [1.165, 1.54) is 0 Å². The summed E-state index contributed by atoms with van der Waals surface area (Å²) in [7, 11) is 0. The van der Waals surface area contributed by atoms with Gasteiger partial charge in [-0.1, -0.05) is 138 Å². The van der Waals surface area contributed by atoms with Crippen molar-refractivity contribution in [3.8, 4) is 0 Å².